The number of benzene rings is 1. The Hall–Kier alpha value is -1.19. The highest BCUT2D eigenvalue weighted by atomic mass is 79.9. The first-order valence-electron chi connectivity index (χ1n) is 5.51. The quantitative estimate of drug-likeness (QED) is 0.940. The number of nitrogens with zero attached hydrogens (tertiary/aromatic N) is 1. The number of aryl methyl sites for hydroxylation is 1. The summed E-state index contributed by atoms with van der Waals surface area (Å²) in [5.74, 6) is 0. The molecule has 0 aliphatic rings. The molecule has 1 aromatic heterocycles. The van der Waals surface area contributed by atoms with Crippen molar-refractivity contribution in [3.05, 3.63) is 63.9 Å². The van der Waals surface area contributed by atoms with Crippen molar-refractivity contribution in [1.29, 1.82) is 0 Å². The fourth-order valence-electron chi connectivity index (χ4n) is 1.76. The predicted molar refractivity (Wildman–Crippen MR) is 71.8 cm³/mol. The van der Waals surface area contributed by atoms with Gasteiger partial charge >= 0.3 is 0 Å². The van der Waals surface area contributed by atoms with Gasteiger partial charge in [-0.2, -0.15) is 0 Å². The van der Waals surface area contributed by atoms with Crippen LogP contribution in [-0.2, 0) is 6.42 Å². The number of aliphatic hydroxyl groups is 1. The Morgan fingerprint density at radius 2 is 2.00 bits per heavy atom. The average molecular weight is 292 g/mol. The topological polar surface area (TPSA) is 33.1 Å². The van der Waals surface area contributed by atoms with E-state index in [1.165, 1.54) is 0 Å². The van der Waals surface area contributed by atoms with Gasteiger partial charge in [0.2, 0.25) is 0 Å². The summed E-state index contributed by atoms with van der Waals surface area (Å²) in [7, 11) is 0. The number of hydrogen-bond donors (Lipinski definition) is 1. The van der Waals surface area contributed by atoms with Gasteiger partial charge in [0, 0.05) is 22.8 Å². The molecule has 0 fully saturated rings. The molecule has 1 N–H and O–H groups in total. The van der Waals surface area contributed by atoms with Crippen LogP contribution in [0.5, 0.6) is 0 Å². The highest BCUT2D eigenvalue weighted by Crippen LogP contribution is 2.20. The van der Waals surface area contributed by atoms with Crippen molar-refractivity contribution in [3.8, 4) is 0 Å². The molecule has 1 heterocycles. The fourth-order valence-corrected chi connectivity index (χ4v) is 2.20. The summed E-state index contributed by atoms with van der Waals surface area (Å²) < 4.78 is 0.966. The van der Waals surface area contributed by atoms with Crippen molar-refractivity contribution >= 4 is 15.9 Å². The lowest BCUT2D eigenvalue weighted by molar-refractivity contribution is 0.177. The van der Waals surface area contributed by atoms with E-state index >= 15 is 0 Å². The Balaban J connectivity index is 2.16. The number of hydrogen-bond acceptors (Lipinski definition) is 2. The number of aliphatic hydroxyl groups excluding tert-OH is 1. The van der Waals surface area contributed by atoms with E-state index in [0.717, 1.165) is 21.3 Å². The van der Waals surface area contributed by atoms with E-state index in [1.54, 1.807) is 6.20 Å². The minimum absolute atomic E-state index is 0.497. The van der Waals surface area contributed by atoms with E-state index in [0.29, 0.717) is 6.42 Å². The van der Waals surface area contributed by atoms with Crippen LogP contribution in [0, 0.1) is 6.92 Å². The van der Waals surface area contributed by atoms with Crippen molar-refractivity contribution in [2.45, 2.75) is 19.4 Å². The summed E-state index contributed by atoms with van der Waals surface area (Å²) in [6.07, 6.45) is 1.81. The standard InChI is InChI=1S/C14H14BrNO/c1-10-7-12(15)9-16-13(10)8-14(17)11-5-3-2-4-6-11/h2-7,9,14,17H,8H2,1H3. The summed E-state index contributed by atoms with van der Waals surface area (Å²) in [5.41, 5.74) is 2.95. The molecule has 1 unspecified atom stereocenters. The van der Waals surface area contributed by atoms with Gasteiger partial charge in [0.1, 0.15) is 0 Å². The van der Waals surface area contributed by atoms with E-state index in [4.69, 9.17) is 0 Å². The summed E-state index contributed by atoms with van der Waals surface area (Å²) in [6.45, 7) is 2.00. The van der Waals surface area contributed by atoms with Crippen LogP contribution in [0.15, 0.2) is 47.1 Å². The molecule has 0 saturated carbocycles. The second kappa shape index (κ2) is 5.43. The largest absolute Gasteiger partial charge is 0.388 e. The average Bonchev–Trinajstić information content (AvgIpc) is 2.34. The maximum Gasteiger partial charge on any atom is 0.0845 e. The van der Waals surface area contributed by atoms with E-state index in [1.807, 2.05) is 43.3 Å². The third-order valence-electron chi connectivity index (χ3n) is 2.72. The zero-order chi connectivity index (χ0) is 12.3. The van der Waals surface area contributed by atoms with Gasteiger partial charge in [-0.05, 0) is 40.0 Å². The molecule has 88 valence electrons. The first kappa shape index (κ1) is 12.3. The molecule has 0 aliphatic heterocycles. The molecular formula is C14H14BrNO. The van der Waals surface area contributed by atoms with E-state index in [2.05, 4.69) is 20.9 Å². The first-order chi connectivity index (χ1) is 8.16. The normalized spacial score (nSPS) is 12.4. The van der Waals surface area contributed by atoms with E-state index in [9.17, 15) is 5.11 Å². The Kier molecular flexibility index (Phi) is 3.92. The highest BCUT2D eigenvalue weighted by molar-refractivity contribution is 9.10. The van der Waals surface area contributed by atoms with Crippen LogP contribution >= 0.6 is 15.9 Å². The molecule has 0 saturated heterocycles. The Morgan fingerprint density at radius 1 is 1.29 bits per heavy atom. The lowest BCUT2D eigenvalue weighted by Crippen LogP contribution is -2.04. The highest BCUT2D eigenvalue weighted by Gasteiger charge is 2.10. The lowest BCUT2D eigenvalue weighted by Gasteiger charge is -2.12. The molecule has 2 rings (SSSR count). The van der Waals surface area contributed by atoms with E-state index < -0.39 is 6.10 Å². The summed E-state index contributed by atoms with van der Waals surface area (Å²) >= 11 is 3.38. The van der Waals surface area contributed by atoms with Crippen molar-refractivity contribution in [2.75, 3.05) is 0 Å². The molecule has 17 heavy (non-hydrogen) atoms. The van der Waals surface area contributed by atoms with Crippen molar-refractivity contribution in [2.24, 2.45) is 0 Å². The van der Waals surface area contributed by atoms with Gasteiger partial charge in [0.15, 0.2) is 0 Å². The summed E-state index contributed by atoms with van der Waals surface area (Å²) in [5, 5.41) is 10.1. The zero-order valence-corrected chi connectivity index (χ0v) is 11.2. The SMILES string of the molecule is Cc1cc(Br)cnc1CC(O)c1ccccc1. The van der Waals surface area contributed by atoms with Crippen LogP contribution in [0.25, 0.3) is 0 Å². The zero-order valence-electron chi connectivity index (χ0n) is 9.60. The molecule has 0 radical (unpaired) electrons. The molecule has 3 heteroatoms. The number of aromatic nitrogens is 1. The molecule has 1 atom stereocenters. The molecule has 0 bridgehead atoms. The Morgan fingerprint density at radius 3 is 2.65 bits per heavy atom. The second-order valence-electron chi connectivity index (χ2n) is 4.05. The van der Waals surface area contributed by atoms with Crippen LogP contribution in [0.3, 0.4) is 0 Å². The van der Waals surface area contributed by atoms with Gasteiger partial charge < -0.3 is 5.11 Å². The van der Waals surface area contributed by atoms with Crippen LogP contribution < -0.4 is 0 Å². The molecule has 0 amide bonds. The maximum atomic E-state index is 10.1. The summed E-state index contributed by atoms with van der Waals surface area (Å²) in [4.78, 5) is 4.34. The van der Waals surface area contributed by atoms with Gasteiger partial charge in [-0.3, -0.25) is 4.98 Å². The maximum absolute atomic E-state index is 10.1. The van der Waals surface area contributed by atoms with Crippen molar-refractivity contribution < 1.29 is 5.11 Å². The second-order valence-corrected chi connectivity index (χ2v) is 4.96. The molecule has 0 aliphatic carbocycles. The molecule has 1 aromatic carbocycles. The lowest BCUT2D eigenvalue weighted by atomic mass is 10.0. The van der Waals surface area contributed by atoms with E-state index in [-0.39, 0.29) is 0 Å². The third kappa shape index (κ3) is 3.14. The number of pyridine rings is 1. The van der Waals surface area contributed by atoms with Gasteiger partial charge in [-0.25, -0.2) is 0 Å². The van der Waals surface area contributed by atoms with Gasteiger partial charge in [-0.15, -0.1) is 0 Å². The molecule has 0 spiro atoms. The van der Waals surface area contributed by atoms with Crippen molar-refractivity contribution in [1.82, 2.24) is 4.98 Å². The molecular weight excluding hydrogens is 278 g/mol. The first-order valence-corrected chi connectivity index (χ1v) is 6.30. The van der Waals surface area contributed by atoms with Crippen LogP contribution in [0.2, 0.25) is 0 Å². The Labute approximate surface area is 109 Å². The molecule has 2 nitrogen and oxygen atoms in total. The Bertz CT molecular complexity index is 499. The van der Waals surface area contributed by atoms with Gasteiger partial charge in [0.25, 0.3) is 0 Å². The minimum atomic E-state index is -0.497. The van der Waals surface area contributed by atoms with Gasteiger partial charge in [0.05, 0.1) is 6.10 Å². The van der Waals surface area contributed by atoms with Gasteiger partial charge in [-0.1, -0.05) is 30.3 Å². The number of halogens is 1. The number of rotatable bonds is 3. The fraction of sp³-hybridized carbons (Fsp3) is 0.214. The summed E-state index contributed by atoms with van der Waals surface area (Å²) in [6, 6.07) is 11.7. The minimum Gasteiger partial charge on any atom is -0.388 e. The smallest absolute Gasteiger partial charge is 0.0845 e. The van der Waals surface area contributed by atoms with Crippen LogP contribution in [-0.4, -0.2) is 10.1 Å². The van der Waals surface area contributed by atoms with Crippen LogP contribution in [0.1, 0.15) is 22.9 Å². The monoisotopic (exact) mass is 291 g/mol. The van der Waals surface area contributed by atoms with Crippen molar-refractivity contribution in [3.63, 3.8) is 0 Å². The predicted octanol–water partition coefficient (Wildman–Crippen LogP) is 3.43. The molecule has 2 aromatic rings. The third-order valence-corrected chi connectivity index (χ3v) is 3.16. The van der Waals surface area contributed by atoms with Crippen LogP contribution in [0.4, 0.5) is 0 Å².